The average Bonchev–Trinajstić information content (AvgIpc) is 2.54. The Kier molecular flexibility index (Phi) is 8.49. The minimum atomic E-state index is -0.359. The third kappa shape index (κ3) is 7.73. The predicted molar refractivity (Wildman–Crippen MR) is 90.7 cm³/mol. The van der Waals surface area contributed by atoms with Crippen LogP contribution in [0, 0.1) is 0 Å². The number of likely N-dealkylation sites (N-methyl/N-ethyl adjacent to an activating group) is 1. The van der Waals surface area contributed by atoms with Crippen LogP contribution in [-0.2, 0) is 20.7 Å². The quantitative estimate of drug-likeness (QED) is 0.630. The van der Waals surface area contributed by atoms with Crippen molar-refractivity contribution in [1.29, 1.82) is 0 Å². The van der Waals surface area contributed by atoms with Gasteiger partial charge in [0, 0.05) is 18.7 Å². The molecule has 2 amide bonds. The largest absolute Gasteiger partial charge is 0.469 e. The maximum Gasteiger partial charge on any atom is 0.307 e. The minimum absolute atomic E-state index is 0.0124. The normalized spacial score (nSPS) is 10.3. The number of nitrogens with zero attached hydrogens (tertiary/aromatic N) is 1. The summed E-state index contributed by atoms with van der Waals surface area (Å²) in [5.41, 5.74) is 1.56. The molecule has 24 heavy (non-hydrogen) atoms. The Balaban J connectivity index is 2.35. The van der Waals surface area contributed by atoms with Crippen molar-refractivity contribution < 1.29 is 19.1 Å². The van der Waals surface area contributed by atoms with Gasteiger partial charge in [-0.2, -0.15) is 0 Å². The molecule has 1 aromatic rings. The lowest BCUT2D eigenvalue weighted by Gasteiger charge is -2.10. The molecule has 0 aromatic heterocycles. The van der Waals surface area contributed by atoms with E-state index in [0.29, 0.717) is 25.1 Å². The SMILES string of the molecule is COC(=O)CCNC(=O)c1ccc(CCNC(=O)CN(C)C)cc1. The molecule has 0 bridgehead atoms. The molecule has 0 saturated carbocycles. The van der Waals surface area contributed by atoms with Gasteiger partial charge in [-0.25, -0.2) is 0 Å². The van der Waals surface area contributed by atoms with Gasteiger partial charge in [0.25, 0.3) is 5.91 Å². The topological polar surface area (TPSA) is 87.7 Å². The maximum atomic E-state index is 11.9. The van der Waals surface area contributed by atoms with E-state index in [1.165, 1.54) is 7.11 Å². The summed E-state index contributed by atoms with van der Waals surface area (Å²) < 4.78 is 4.51. The van der Waals surface area contributed by atoms with Gasteiger partial charge in [0.1, 0.15) is 0 Å². The molecule has 132 valence electrons. The smallest absolute Gasteiger partial charge is 0.307 e. The number of rotatable bonds is 9. The van der Waals surface area contributed by atoms with Crippen LogP contribution in [0.1, 0.15) is 22.3 Å². The number of benzene rings is 1. The summed E-state index contributed by atoms with van der Waals surface area (Å²) in [6.07, 6.45) is 0.844. The molecule has 0 aliphatic carbocycles. The van der Waals surface area contributed by atoms with Crippen molar-refractivity contribution in [3.8, 4) is 0 Å². The Labute approximate surface area is 142 Å². The van der Waals surface area contributed by atoms with E-state index in [0.717, 1.165) is 5.56 Å². The molecule has 0 heterocycles. The minimum Gasteiger partial charge on any atom is -0.469 e. The van der Waals surface area contributed by atoms with E-state index in [1.54, 1.807) is 12.1 Å². The summed E-state index contributed by atoms with van der Waals surface area (Å²) in [5.74, 6) is -0.603. The Hall–Kier alpha value is -2.41. The highest BCUT2D eigenvalue weighted by Crippen LogP contribution is 2.05. The van der Waals surface area contributed by atoms with Crippen LogP contribution in [0.5, 0.6) is 0 Å². The van der Waals surface area contributed by atoms with Crippen molar-refractivity contribution in [3.63, 3.8) is 0 Å². The van der Waals surface area contributed by atoms with Crippen LogP contribution in [0.25, 0.3) is 0 Å². The van der Waals surface area contributed by atoms with Gasteiger partial charge in [-0.3, -0.25) is 14.4 Å². The van der Waals surface area contributed by atoms with E-state index >= 15 is 0 Å². The van der Waals surface area contributed by atoms with Gasteiger partial charge in [0.15, 0.2) is 0 Å². The molecule has 1 rings (SSSR count). The second-order valence-corrected chi connectivity index (χ2v) is 5.62. The number of ether oxygens (including phenoxy) is 1. The first-order chi connectivity index (χ1) is 11.4. The summed E-state index contributed by atoms with van der Waals surface area (Å²) in [6, 6.07) is 7.16. The fourth-order valence-electron chi connectivity index (χ4n) is 1.99. The Bertz CT molecular complexity index is 555. The zero-order chi connectivity index (χ0) is 17.9. The van der Waals surface area contributed by atoms with Gasteiger partial charge in [-0.15, -0.1) is 0 Å². The summed E-state index contributed by atoms with van der Waals surface area (Å²) in [7, 11) is 4.99. The highest BCUT2D eigenvalue weighted by Gasteiger charge is 2.07. The number of hydrogen-bond donors (Lipinski definition) is 2. The molecular weight excluding hydrogens is 310 g/mol. The molecule has 1 aromatic carbocycles. The van der Waals surface area contributed by atoms with Crippen molar-refractivity contribution in [3.05, 3.63) is 35.4 Å². The second kappa shape index (κ2) is 10.4. The first-order valence-corrected chi connectivity index (χ1v) is 7.77. The van der Waals surface area contributed by atoms with Gasteiger partial charge in [-0.05, 0) is 38.2 Å². The van der Waals surface area contributed by atoms with Crippen molar-refractivity contribution in [2.75, 3.05) is 40.8 Å². The van der Waals surface area contributed by atoms with E-state index < -0.39 is 0 Å². The van der Waals surface area contributed by atoms with Crippen LogP contribution in [-0.4, -0.2) is 63.5 Å². The third-order valence-corrected chi connectivity index (χ3v) is 3.25. The lowest BCUT2D eigenvalue weighted by molar-refractivity contribution is -0.140. The van der Waals surface area contributed by atoms with Crippen LogP contribution >= 0.6 is 0 Å². The number of carbonyl (C=O) groups excluding carboxylic acids is 3. The van der Waals surface area contributed by atoms with E-state index in [4.69, 9.17) is 0 Å². The number of amides is 2. The molecule has 0 radical (unpaired) electrons. The maximum absolute atomic E-state index is 11.9. The van der Waals surface area contributed by atoms with E-state index in [9.17, 15) is 14.4 Å². The molecular formula is C17H25N3O4. The number of carbonyl (C=O) groups is 3. The van der Waals surface area contributed by atoms with Crippen molar-refractivity contribution in [2.45, 2.75) is 12.8 Å². The monoisotopic (exact) mass is 335 g/mol. The van der Waals surface area contributed by atoms with Gasteiger partial charge in [-0.1, -0.05) is 12.1 Å². The number of methoxy groups -OCH3 is 1. The first-order valence-electron chi connectivity index (χ1n) is 7.77. The molecule has 0 unspecified atom stereocenters. The Morgan fingerprint density at radius 1 is 1.04 bits per heavy atom. The zero-order valence-electron chi connectivity index (χ0n) is 14.4. The molecule has 0 atom stereocenters. The standard InChI is InChI=1S/C17H25N3O4/c1-20(2)12-15(21)18-10-8-13-4-6-14(7-5-13)17(23)19-11-9-16(22)24-3/h4-7H,8-12H2,1-3H3,(H,18,21)(H,19,23). The fraction of sp³-hybridized carbons (Fsp3) is 0.471. The van der Waals surface area contributed by atoms with E-state index in [1.807, 2.05) is 31.1 Å². The highest BCUT2D eigenvalue weighted by atomic mass is 16.5. The summed E-state index contributed by atoms with van der Waals surface area (Å²) >= 11 is 0. The Morgan fingerprint density at radius 3 is 2.29 bits per heavy atom. The lowest BCUT2D eigenvalue weighted by Crippen LogP contribution is -2.34. The summed E-state index contributed by atoms with van der Waals surface area (Å²) in [5, 5.41) is 5.50. The molecule has 7 heteroatoms. The van der Waals surface area contributed by atoms with Crippen LogP contribution < -0.4 is 10.6 Å². The van der Waals surface area contributed by atoms with Gasteiger partial charge in [0.05, 0.1) is 20.1 Å². The van der Waals surface area contributed by atoms with Crippen LogP contribution in [0.4, 0.5) is 0 Å². The Morgan fingerprint density at radius 2 is 1.71 bits per heavy atom. The molecule has 0 aliphatic heterocycles. The molecule has 0 saturated heterocycles. The van der Waals surface area contributed by atoms with Crippen molar-refractivity contribution in [2.24, 2.45) is 0 Å². The van der Waals surface area contributed by atoms with Crippen molar-refractivity contribution in [1.82, 2.24) is 15.5 Å². The molecule has 7 nitrogen and oxygen atoms in total. The van der Waals surface area contributed by atoms with Crippen LogP contribution in [0.15, 0.2) is 24.3 Å². The van der Waals surface area contributed by atoms with Gasteiger partial charge in [0.2, 0.25) is 5.91 Å². The average molecular weight is 335 g/mol. The summed E-state index contributed by atoms with van der Waals surface area (Å²) in [4.78, 5) is 36.2. The van der Waals surface area contributed by atoms with Crippen LogP contribution in [0.2, 0.25) is 0 Å². The summed E-state index contributed by atoms with van der Waals surface area (Å²) in [6.45, 7) is 1.16. The zero-order valence-corrected chi connectivity index (χ0v) is 14.4. The predicted octanol–water partition coefficient (Wildman–Crippen LogP) is 0.200. The number of nitrogens with one attached hydrogen (secondary N) is 2. The highest BCUT2D eigenvalue weighted by molar-refractivity contribution is 5.94. The lowest BCUT2D eigenvalue weighted by atomic mass is 10.1. The molecule has 0 fully saturated rings. The second-order valence-electron chi connectivity index (χ2n) is 5.62. The van der Waals surface area contributed by atoms with E-state index in [2.05, 4.69) is 15.4 Å². The van der Waals surface area contributed by atoms with E-state index in [-0.39, 0.29) is 30.7 Å². The van der Waals surface area contributed by atoms with Crippen molar-refractivity contribution >= 4 is 17.8 Å². The molecule has 0 spiro atoms. The van der Waals surface area contributed by atoms with Crippen LogP contribution in [0.3, 0.4) is 0 Å². The number of esters is 1. The fourth-order valence-corrected chi connectivity index (χ4v) is 1.99. The molecule has 2 N–H and O–H groups in total. The number of hydrogen-bond acceptors (Lipinski definition) is 5. The first kappa shape index (κ1) is 19.6. The molecule has 0 aliphatic rings. The van der Waals surface area contributed by atoms with Gasteiger partial charge >= 0.3 is 5.97 Å². The third-order valence-electron chi connectivity index (χ3n) is 3.25. The van der Waals surface area contributed by atoms with Gasteiger partial charge < -0.3 is 20.3 Å².